The zero-order valence-corrected chi connectivity index (χ0v) is 17.2. The number of methoxy groups -OCH3 is 1. The second kappa shape index (κ2) is 8.87. The number of nitrogens with zero attached hydrogens (tertiary/aromatic N) is 4. The Kier molecular flexibility index (Phi) is 6.51. The number of hydrogen-bond acceptors (Lipinski definition) is 5. The van der Waals surface area contributed by atoms with E-state index in [0.29, 0.717) is 23.7 Å². The molecular formula is C20H31N5O3. The molecule has 3 atom stereocenters. The van der Waals surface area contributed by atoms with Gasteiger partial charge in [-0.2, -0.15) is 0 Å². The molecule has 1 aliphatic carbocycles. The van der Waals surface area contributed by atoms with Crippen molar-refractivity contribution in [1.82, 2.24) is 14.8 Å². The third-order valence-corrected chi connectivity index (χ3v) is 6.06. The third kappa shape index (κ3) is 4.44. The van der Waals surface area contributed by atoms with Crippen LogP contribution in [-0.2, 0) is 9.53 Å². The monoisotopic (exact) mass is 389 g/mol. The molecule has 2 aliphatic rings. The van der Waals surface area contributed by atoms with Crippen molar-refractivity contribution in [3.8, 4) is 0 Å². The number of ether oxygens (including phenoxy) is 1. The minimum atomic E-state index is -0.131. The molecule has 0 aromatic carbocycles. The number of carbonyl (C=O) groups excluding carboxylic acids is 2. The van der Waals surface area contributed by atoms with Crippen molar-refractivity contribution >= 4 is 23.4 Å². The van der Waals surface area contributed by atoms with E-state index in [2.05, 4.69) is 15.2 Å². The summed E-state index contributed by atoms with van der Waals surface area (Å²) in [5, 5.41) is 2.92. The lowest BCUT2D eigenvalue weighted by Crippen LogP contribution is -2.50. The maximum atomic E-state index is 12.8. The molecule has 1 N–H and O–H groups in total. The normalized spacial score (nSPS) is 24.9. The van der Waals surface area contributed by atoms with Crippen molar-refractivity contribution in [3.05, 3.63) is 18.3 Å². The van der Waals surface area contributed by atoms with Gasteiger partial charge in [-0.15, -0.1) is 0 Å². The summed E-state index contributed by atoms with van der Waals surface area (Å²) in [4.78, 5) is 34.2. The number of amides is 3. The molecule has 28 heavy (non-hydrogen) atoms. The number of urea groups is 1. The van der Waals surface area contributed by atoms with Crippen LogP contribution in [0.15, 0.2) is 18.3 Å². The molecule has 3 rings (SSSR count). The van der Waals surface area contributed by atoms with Gasteiger partial charge >= 0.3 is 6.03 Å². The number of likely N-dealkylation sites (N-methyl/N-ethyl adjacent to an activating group) is 1. The lowest BCUT2D eigenvalue weighted by molar-refractivity contribution is -0.116. The molecule has 2 fully saturated rings. The van der Waals surface area contributed by atoms with Crippen LogP contribution in [0.2, 0.25) is 0 Å². The summed E-state index contributed by atoms with van der Waals surface area (Å²) < 4.78 is 5.50. The van der Waals surface area contributed by atoms with Crippen molar-refractivity contribution < 1.29 is 14.3 Å². The maximum Gasteiger partial charge on any atom is 0.321 e. The molecule has 0 spiro atoms. The van der Waals surface area contributed by atoms with Gasteiger partial charge in [0.25, 0.3) is 0 Å². The van der Waals surface area contributed by atoms with E-state index in [9.17, 15) is 9.59 Å². The summed E-state index contributed by atoms with van der Waals surface area (Å²) in [7, 11) is 5.31. The Labute approximate surface area is 166 Å². The SMILES string of the molecule is COC1CCN([C@@H]2CCC[C@@H]2N(C)C(=O)Nc2ccc(N(C)C(C)=O)nc2)C1. The van der Waals surface area contributed by atoms with Crippen LogP contribution >= 0.6 is 0 Å². The Bertz CT molecular complexity index is 696. The van der Waals surface area contributed by atoms with E-state index >= 15 is 0 Å². The Morgan fingerprint density at radius 3 is 2.64 bits per heavy atom. The van der Waals surface area contributed by atoms with Crippen LogP contribution in [0.3, 0.4) is 0 Å². The first-order valence-electron chi connectivity index (χ1n) is 9.91. The van der Waals surface area contributed by atoms with Crippen LogP contribution in [0.1, 0.15) is 32.6 Å². The summed E-state index contributed by atoms with van der Waals surface area (Å²) in [6, 6.07) is 3.95. The van der Waals surface area contributed by atoms with E-state index in [1.165, 1.54) is 11.8 Å². The van der Waals surface area contributed by atoms with E-state index in [1.54, 1.807) is 32.5 Å². The number of nitrogens with one attached hydrogen (secondary N) is 1. The van der Waals surface area contributed by atoms with E-state index in [-0.39, 0.29) is 18.0 Å². The van der Waals surface area contributed by atoms with Crippen LogP contribution in [0, 0.1) is 0 Å². The minimum absolute atomic E-state index is 0.0890. The molecule has 154 valence electrons. The van der Waals surface area contributed by atoms with Crippen LogP contribution < -0.4 is 10.2 Å². The molecule has 0 radical (unpaired) electrons. The minimum Gasteiger partial charge on any atom is -0.380 e. The second-order valence-electron chi connectivity index (χ2n) is 7.73. The maximum absolute atomic E-state index is 12.8. The molecule has 1 aliphatic heterocycles. The van der Waals surface area contributed by atoms with Crippen molar-refractivity contribution in [1.29, 1.82) is 0 Å². The first-order valence-corrected chi connectivity index (χ1v) is 9.91. The summed E-state index contributed by atoms with van der Waals surface area (Å²) in [5.41, 5.74) is 0.618. The quantitative estimate of drug-likeness (QED) is 0.835. The van der Waals surface area contributed by atoms with Gasteiger partial charge in [0, 0.05) is 53.3 Å². The average Bonchev–Trinajstić information content (AvgIpc) is 3.36. The molecule has 1 aromatic heterocycles. The highest BCUT2D eigenvalue weighted by Gasteiger charge is 2.39. The summed E-state index contributed by atoms with van der Waals surface area (Å²) in [5.74, 6) is 0.463. The number of hydrogen-bond donors (Lipinski definition) is 1. The van der Waals surface area contributed by atoms with Gasteiger partial charge in [0.1, 0.15) is 5.82 Å². The van der Waals surface area contributed by atoms with Crippen molar-refractivity contribution in [2.24, 2.45) is 0 Å². The van der Waals surface area contributed by atoms with E-state index < -0.39 is 0 Å². The molecule has 0 bridgehead atoms. The van der Waals surface area contributed by atoms with Gasteiger partial charge in [-0.3, -0.25) is 9.69 Å². The average molecular weight is 390 g/mol. The number of pyridine rings is 1. The van der Waals surface area contributed by atoms with Crippen molar-refractivity contribution in [2.75, 3.05) is 44.5 Å². The molecule has 1 aromatic rings. The first kappa shape index (κ1) is 20.5. The third-order valence-electron chi connectivity index (χ3n) is 6.06. The Balaban J connectivity index is 1.60. The van der Waals surface area contributed by atoms with E-state index in [0.717, 1.165) is 38.8 Å². The number of likely N-dealkylation sites (tertiary alicyclic amines) is 1. The molecule has 1 saturated heterocycles. The highest BCUT2D eigenvalue weighted by molar-refractivity contribution is 5.91. The molecule has 8 nitrogen and oxygen atoms in total. The van der Waals surface area contributed by atoms with Crippen LogP contribution in [0.4, 0.5) is 16.3 Å². The first-order chi connectivity index (χ1) is 13.4. The standard InChI is InChI=1S/C20H31N5O3/c1-14(26)23(2)19-9-8-15(12-21-19)22-20(27)24(3)17-6-5-7-18(17)25-11-10-16(13-25)28-4/h8-9,12,16-18H,5-7,10-11,13H2,1-4H3,(H,22,27)/t16?,17-,18+/m0/s1. The van der Waals surface area contributed by atoms with Gasteiger partial charge in [-0.1, -0.05) is 0 Å². The molecular weight excluding hydrogens is 358 g/mol. The molecule has 1 saturated carbocycles. The van der Waals surface area contributed by atoms with Crippen LogP contribution in [0.25, 0.3) is 0 Å². The Morgan fingerprint density at radius 2 is 2.04 bits per heavy atom. The molecule has 3 amide bonds. The topological polar surface area (TPSA) is 78.0 Å². The smallest absolute Gasteiger partial charge is 0.321 e. The molecule has 2 heterocycles. The number of anilines is 2. The van der Waals surface area contributed by atoms with Gasteiger partial charge < -0.3 is 19.9 Å². The largest absolute Gasteiger partial charge is 0.380 e. The van der Waals surface area contributed by atoms with Gasteiger partial charge in [0.15, 0.2) is 0 Å². The fraction of sp³-hybridized carbons (Fsp3) is 0.650. The zero-order valence-electron chi connectivity index (χ0n) is 17.2. The number of rotatable bonds is 5. The van der Waals surface area contributed by atoms with Gasteiger partial charge in [0.2, 0.25) is 5.91 Å². The van der Waals surface area contributed by atoms with Crippen molar-refractivity contribution in [3.63, 3.8) is 0 Å². The van der Waals surface area contributed by atoms with E-state index in [4.69, 9.17) is 4.74 Å². The number of aromatic nitrogens is 1. The second-order valence-corrected chi connectivity index (χ2v) is 7.73. The summed E-state index contributed by atoms with van der Waals surface area (Å²) in [6.07, 6.45) is 6.21. The van der Waals surface area contributed by atoms with Crippen LogP contribution in [-0.4, -0.2) is 79.2 Å². The Hall–Kier alpha value is -2.19. The fourth-order valence-electron chi connectivity index (χ4n) is 4.23. The highest BCUT2D eigenvalue weighted by Crippen LogP contribution is 2.31. The zero-order chi connectivity index (χ0) is 20.3. The summed E-state index contributed by atoms with van der Waals surface area (Å²) >= 11 is 0. The molecule has 8 heteroatoms. The lowest BCUT2D eigenvalue weighted by atomic mass is 10.1. The van der Waals surface area contributed by atoms with Gasteiger partial charge in [-0.25, -0.2) is 9.78 Å². The van der Waals surface area contributed by atoms with Gasteiger partial charge in [0.05, 0.1) is 18.0 Å². The van der Waals surface area contributed by atoms with E-state index in [1.807, 2.05) is 11.9 Å². The summed E-state index contributed by atoms with van der Waals surface area (Å²) in [6.45, 7) is 3.46. The molecule has 1 unspecified atom stereocenters. The van der Waals surface area contributed by atoms with Crippen molar-refractivity contribution in [2.45, 2.75) is 50.8 Å². The highest BCUT2D eigenvalue weighted by atomic mass is 16.5. The fourth-order valence-corrected chi connectivity index (χ4v) is 4.23. The van der Waals surface area contributed by atoms with Crippen LogP contribution in [0.5, 0.6) is 0 Å². The number of carbonyl (C=O) groups is 2. The Morgan fingerprint density at radius 1 is 1.25 bits per heavy atom. The van der Waals surface area contributed by atoms with Gasteiger partial charge in [-0.05, 0) is 37.8 Å². The lowest BCUT2D eigenvalue weighted by Gasteiger charge is -2.35. The predicted octanol–water partition coefficient (Wildman–Crippen LogP) is 2.17. The predicted molar refractivity (Wildman–Crippen MR) is 109 cm³/mol.